The molecule has 142 valence electrons. The van der Waals surface area contributed by atoms with Gasteiger partial charge in [0, 0.05) is 18.8 Å². The van der Waals surface area contributed by atoms with E-state index >= 15 is 0 Å². The number of likely N-dealkylation sites (N-methyl/N-ethyl adjacent to an activating group) is 1. The van der Waals surface area contributed by atoms with E-state index in [4.69, 9.17) is 15.2 Å². The Balaban J connectivity index is 1.88. The predicted molar refractivity (Wildman–Crippen MR) is 98.0 cm³/mol. The molecule has 0 fully saturated rings. The fraction of sp³-hybridized carbons (Fsp3) is 0.312. The normalized spacial score (nSPS) is 11.0. The number of aromatic nitrogens is 5. The molecule has 0 bridgehead atoms. The molecule has 27 heavy (non-hydrogen) atoms. The number of rotatable bonds is 7. The van der Waals surface area contributed by atoms with Gasteiger partial charge in [-0.05, 0) is 14.1 Å². The maximum absolute atomic E-state index is 12.7. The lowest BCUT2D eigenvalue weighted by molar-refractivity contribution is 0.102. The Morgan fingerprint density at radius 3 is 2.96 bits per heavy atom. The SMILES string of the molecule is COc1ncncc1NC(=O)c1c(N)nn2ccc(OCCN(C)C)nc12. The fourth-order valence-corrected chi connectivity index (χ4v) is 2.31. The Hall–Kier alpha value is -3.47. The quantitative estimate of drug-likeness (QED) is 0.601. The third-order valence-corrected chi connectivity index (χ3v) is 3.62. The van der Waals surface area contributed by atoms with E-state index in [0.717, 1.165) is 6.54 Å². The molecule has 3 heterocycles. The van der Waals surface area contributed by atoms with Crippen molar-refractivity contribution in [1.29, 1.82) is 0 Å². The number of hydrogen-bond acceptors (Lipinski definition) is 9. The number of hydrogen-bond donors (Lipinski definition) is 2. The van der Waals surface area contributed by atoms with Crippen LogP contribution >= 0.6 is 0 Å². The molecule has 11 heteroatoms. The number of ether oxygens (including phenoxy) is 2. The second kappa shape index (κ2) is 7.83. The number of amides is 1. The van der Waals surface area contributed by atoms with E-state index in [1.165, 1.54) is 24.1 Å². The number of carbonyl (C=O) groups excluding carboxylic acids is 1. The van der Waals surface area contributed by atoms with E-state index in [9.17, 15) is 4.79 Å². The molecule has 3 N–H and O–H groups in total. The van der Waals surface area contributed by atoms with E-state index < -0.39 is 5.91 Å². The number of nitrogens with one attached hydrogen (secondary N) is 1. The Morgan fingerprint density at radius 2 is 2.22 bits per heavy atom. The standard InChI is InChI=1S/C16H20N8O3/c1-23(2)6-7-27-11-4-5-24-14(21-11)12(13(17)22-24)15(25)20-10-8-18-9-19-16(10)26-3/h4-5,8-9H,6-7H2,1-3H3,(H2,17,22)(H,20,25). The van der Waals surface area contributed by atoms with Crippen molar-refractivity contribution < 1.29 is 14.3 Å². The number of nitrogens with two attached hydrogens (primary N) is 1. The summed E-state index contributed by atoms with van der Waals surface area (Å²) in [6.07, 6.45) is 4.37. The number of fused-ring (bicyclic) bond motifs is 1. The van der Waals surface area contributed by atoms with Gasteiger partial charge < -0.3 is 25.4 Å². The molecular formula is C16H20N8O3. The summed E-state index contributed by atoms with van der Waals surface area (Å²) in [6.45, 7) is 1.19. The molecule has 0 aliphatic heterocycles. The van der Waals surface area contributed by atoms with Crippen LogP contribution in [-0.2, 0) is 0 Å². The van der Waals surface area contributed by atoms with Crippen molar-refractivity contribution in [2.45, 2.75) is 0 Å². The summed E-state index contributed by atoms with van der Waals surface area (Å²) in [4.78, 5) is 26.9. The summed E-state index contributed by atoms with van der Waals surface area (Å²) < 4.78 is 12.1. The van der Waals surface area contributed by atoms with Crippen molar-refractivity contribution in [2.75, 3.05) is 45.4 Å². The van der Waals surface area contributed by atoms with Crippen LogP contribution < -0.4 is 20.5 Å². The molecule has 0 atom stereocenters. The molecule has 0 saturated heterocycles. The van der Waals surface area contributed by atoms with E-state index in [0.29, 0.717) is 18.2 Å². The predicted octanol–water partition coefficient (Wildman–Crippen LogP) is 0.303. The molecule has 0 aliphatic carbocycles. The lowest BCUT2D eigenvalue weighted by Gasteiger charge is -2.10. The molecule has 0 saturated carbocycles. The van der Waals surface area contributed by atoms with Gasteiger partial charge in [-0.25, -0.2) is 9.50 Å². The lowest BCUT2D eigenvalue weighted by Crippen LogP contribution is -2.19. The third kappa shape index (κ3) is 4.03. The van der Waals surface area contributed by atoms with Gasteiger partial charge in [0.15, 0.2) is 11.5 Å². The summed E-state index contributed by atoms with van der Waals surface area (Å²) in [5.74, 6) is 0.141. The summed E-state index contributed by atoms with van der Waals surface area (Å²) in [5.41, 5.74) is 6.64. The van der Waals surface area contributed by atoms with Gasteiger partial charge >= 0.3 is 0 Å². The highest BCUT2D eigenvalue weighted by atomic mass is 16.5. The Bertz CT molecular complexity index is 956. The van der Waals surface area contributed by atoms with Crippen LogP contribution in [0.25, 0.3) is 5.65 Å². The Kier molecular flexibility index (Phi) is 5.31. The first-order valence-corrected chi connectivity index (χ1v) is 8.07. The van der Waals surface area contributed by atoms with Crippen LogP contribution in [0.1, 0.15) is 10.4 Å². The molecule has 0 spiro atoms. The van der Waals surface area contributed by atoms with Crippen LogP contribution in [0.2, 0.25) is 0 Å². The number of anilines is 2. The molecule has 0 radical (unpaired) electrons. The van der Waals surface area contributed by atoms with E-state index in [-0.39, 0.29) is 22.9 Å². The first-order chi connectivity index (χ1) is 13.0. The molecule has 1 amide bonds. The highest BCUT2D eigenvalue weighted by molar-refractivity contribution is 6.11. The van der Waals surface area contributed by atoms with Crippen molar-refractivity contribution >= 4 is 23.1 Å². The number of methoxy groups -OCH3 is 1. The van der Waals surface area contributed by atoms with Crippen LogP contribution in [-0.4, -0.2) is 69.7 Å². The van der Waals surface area contributed by atoms with Crippen molar-refractivity contribution in [1.82, 2.24) is 29.5 Å². The van der Waals surface area contributed by atoms with Gasteiger partial charge in [-0.1, -0.05) is 0 Å². The van der Waals surface area contributed by atoms with Crippen molar-refractivity contribution in [3.8, 4) is 11.8 Å². The average Bonchev–Trinajstić information content (AvgIpc) is 2.97. The fourth-order valence-electron chi connectivity index (χ4n) is 2.31. The zero-order chi connectivity index (χ0) is 19.4. The van der Waals surface area contributed by atoms with Gasteiger partial charge in [0.05, 0.1) is 13.3 Å². The molecule has 3 rings (SSSR count). The highest BCUT2D eigenvalue weighted by Crippen LogP contribution is 2.23. The molecule has 0 aromatic carbocycles. The average molecular weight is 372 g/mol. The van der Waals surface area contributed by atoms with Gasteiger partial charge in [-0.2, -0.15) is 9.97 Å². The van der Waals surface area contributed by atoms with Gasteiger partial charge in [0.1, 0.15) is 24.2 Å². The first kappa shape index (κ1) is 18.3. The van der Waals surface area contributed by atoms with Gasteiger partial charge in [-0.15, -0.1) is 5.10 Å². The molecule has 11 nitrogen and oxygen atoms in total. The minimum Gasteiger partial charge on any atom is -0.479 e. The van der Waals surface area contributed by atoms with Gasteiger partial charge in [-0.3, -0.25) is 4.79 Å². The van der Waals surface area contributed by atoms with E-state index in [1.807, 2.05) is 19.0 Å². The van der Waals surface area contributed by atoms with Crippen LogP contribution in [0.5, 0.6) is 11.8 Å². The number of nitrogen functional groups attached to an aromatic ring is 1. The van der Waals surface area contributed by atoms with Crippen LogP contribution in [0.15, 0.2) is 24.8 Å². The molecule has 0 unspecified atom stereocenters. The second-order valence-corrected chi connectivity index (χ2v) is 5.85. The third-order valence-electron chi connectivity index (χ3n) is 3.62. The largest absolute Gasteiger partial charge is 0.479 e. The van der Waals surface area contributed by atoms with Gasteiger partial charge in [0.2, 0.25) is 11.8 Å². The smallest absolute Gasteiger partial charge is 0.263 e. The summed E-state index contributed by atoms with van der Waals surface area (Å²) in [6, 6.07) is 1.66. The van der Waals surface area contributed by atoms with Crippen LogP contribution in [0, 0.1) is 0 Å². The Labute approximate surface area is 155 Å². The van der Waals surface area contributed by atoms with Crippen LogP contribution in [0.3, 0.4) is 0 Å². The Morgan fingerprint density at radius 1 is 1.41 bits per heavy atom. The van der Waals surface area contributed by atoms with Crippen molar-refractivity contribution in [2.24, 2.45) is 0 Å². The molecule has 0 aliphatic rings. The van der Waals surface area contributed by atoms with Gasteiger partial charge in [0.25, 0.3) is 5.91 Å². The second-order valence-electron chi connectivity index (χ2n) is 5.85. The molecular weight excluding hydrogens is 352 g/mol. The number of nitrogens with zero attached hydrogens (tertiary/aromatic N) is 6. The summed E-state index contributed by atoms with van der Waals surface area (Å²) in [7, 11) is 5.34. The topological polar surface area (TPSA) is 133 Å². The van der Waals surface area contributed by atoms with E-state index in [2.05, 4.69) is 25.4 Å². The zero-order valence-electron chi connectivity index (χ0n) is 15.2. The maximum Gasteiger partial charge on any atom is 0.263 e. The minimum absolute atomic E-state index is 0.0428. The monoisotopic (exact) mass is 372 g/mol. The minimum atomic E-state index is -0.506. The highest BCUT2D eigenvalue weighted by Gasteiger charge is 2.21. The molecule has 3 aromatic heterocycles. The van der Waals surface area contributed by atoms with Crippen molar-refractivity contribution in [3.05, 3.63) is 30.4 Å². The summed E-state index contributed by atoms with van der Waals surface area (Å²) >= 11 is 0. The zero-order valence-corrected chi connectivity index (χ0v) is 15.2. The molecule has 3 aromatic rings. The lowest BCUT2D eigenvalue weighted by atomic mass is 10.3. The van der Waals surface area contributed by atoms with Crippen molar-refractivity contribution in [3.63, 3.8) is 0 Å². The maximum atomic E-state index is 12.7. The number of carbonyl (C=O) groups is 1. The summed E-state index contributed by atoms with van der Waals surface area (Å²) in [5, 5.41) is 6.78. The van der Waals surface area contributed by atoms with Crippen LogP contribution in [0.4, 0.5) is 11.5 Å². The first-order valence-electron chi connectivity index (χ1n) is 8.07. The van der Waals surface area contributed by atoms with E-state index in [1.54, 1.807) is 12.3 Å².